The molecule has 3 rings (SSSR count). The van der Waals surface area contributed by atoms with Gasteiger partial charge in [-0.2, -0.15) is 0 Å². The zero-order chi connectivity index (χ0) is 16.4. The maximum atomic E-state index is 12.1. The lowest BCUT2D eigenvalue weighted by Gasteiger charge is -2.06. The number of anilines is 1. The van der Waals surface area contributed by atoms with Crippen molar-refractivity contribution in [3.05, 3.63) is 46.5 Å². The number of nitrogens with zero attached hydrogens (tertiary/aromatic N) is 1. The van der Waals surface area contributed by atoms with E-state index in [1.54, 1.807) is 6.20 Å². The van der Waals surface area contributed by atoms with Gasteiger partial charge in [0, 0.05) is 17.5 Å². The van der Waals surface area contributed by atoms with Crippen LogP contribution < -0.4 is 5.32 Å². The molecule has 1 aromatic carbocycles. The molecule has 1 aromatic heterocycles. The second-order valence-corrected chi connectivity index (χ2v) is 9.23. The van der Waals surface area contributed by atoms with E-state index in [0.29, 0.717) is 11.6 Å². The molecule has 0 bridgehead atoms. The fraction of sp³-hybridized carbons (Fsp3) is 0.375. The SMILES string of the molecule is Cc1cccc(Cc2cnc(NC(=O)[C@@H]3CCS(=O)(=O)C3)s2)c1. The maximum Gasteiger partial charge on any atom is 0.230 e. The van der Waals surface area contributed by atoms with Crippen LogP contribution in [0.1, 0.15) is 22.4 Å². The van der Waals surface area contributed by atoms with E-state index < -0.39 is 15.8 Å². The van der Waals surface area contributed by atoms with Crippen LogP contribution in [0.15, 0.2) is 30.5 Å². The molecule has 1 atom stereocenters. The summed E-state index contributed by atoms with van der Waals surface area (Å²) in [5, 5.41) is 3.27. The third kappa shape index (κ3) is 4.17. The number of rotatable bonds is 4. The Bertz CT molecular complexity index is 827. The van der Waals surface area contributed by atoms with Gasteiger partial charge in [-0.1, -0.05) is 29.8 Å². The van der Waals surface area contributed by atoms with Crippen molar-refractivity contribution in [2.24, 2.45) is 5.92 Å². The molecular weight excluding hydrogens is 332 g/mol. The minimum absolute atomic E-state index is 0.0552. The summed E-state index contributed by atoms with van der Waals surface area (Å²) in [6.45, 7) is 2.05. The van der Waals surface area contributed by atoms with Gasteiger partial charge in [-0.05, 0) is 18.9 Å². The Morgan fingerprint density at radius 3 is 2.96 bits per heavy atom. The normalized spacial score (nSPS) is 19.6. The molecule has 1 aliphatic heterocycles. The third-order valence-electron chi connectivity index (χ3n) is 3.85. The van der Waals surface area contributed by atoms with Crippen LogP contribution in [-0.2, 0) is 21.1 Å². The van der Waals surface area contributed by atoms with Crippen molar-refractivity contribution in [3.63, 3.8) is 0 Å². The highest BCUT2D eigenvalue weighted by molar-refractivity contribution is 7.91. The highest BCUT2D eigenvalue weighted by atomic mass is 32.2. The number of amides is 1. The standard InChI is InChI=1S/C16H18N2O3S2/c1-11-3-2-4-12(7-11)8-14-9-17-16(22-14)18-15(19)13-5-6-23(20,21)10-13/h2-4,7,9,13H,5-6,8,10H2,1H3,(H,17,18,19)/t13-/m1/s1. The second kappa shape index (κ2) is 6.41. The van der Waals surface area contributed by atoms with E-state index in [2.05, 4.69) is 35.4 Å². The van der Waals surface area contributed by atoms with Gasteiger partial charge in [0.2, 0.25) is 5.91 Å². The molecule has 0 unspecified atom stereocenters. The van der Waals surface area contributed by atoms with E-state index in [4.69, 9.17) is 0 Å². The van der Waals surface area contributed by atoms with Crippen LogP contribution in [0.2, 0.25) is 0 Å². The number of thiazole rings is 1. The van der Waals surface area contributed by atoms with Crippen LogP contribution in [0.3, 0.4) is 0 Å². The van der Waals surface area contributed by atoms with Crippen molar-refractivity contribution in [3.8, 4) is 0 Å². The van der Waals surface area contributed by atoms with E-state index in [1.165, 1.54) is 22.5 Å². The fourth-order valence-corrected chi connectivity index (χ4v) is 5.27. The molecule has 0 radical (unpaired) electrons. The van der Waals surface area contributed by atoms with Crippen LogP contribution in [0, 0.1) is 12.8 Å². The summed E-state index contributed by atoms with van der Waals surface area (Å²) in [4.78, 5) is 17.4. The van der Waals surface area contributed by atoms with E-state index in [-0.39, 0.29) is 17.4 Å². The predicted octanol–water partition coefficient (Wildman–Crippen LogP) is 2.42. The quantitative estimate of drug-likeness (QED) is 0.919. The number of hydrogen-bond acceptors (Lipinski definition) is 5. The molecule has 0 aliphatic carbocycles. The Hall–Kier alpha value is -1.73. The summed E-state index contributed by atoms with van der Waals surface area (Å²) in [5.74, 6) is -0.659. The van der Waals surface area contributed by atoms with Crippen LogP contribution in [0.5, 0.6) is 0 Å². The van der Waals surface area contributed by atoms with Crippen molar-refractivity contribution in [1.82, 2.24) is 4.98 Å². The topological polar surface area (TPSA) is 76.1 Å². The first-order valence-electron chi connectivity index (χ1n) is 7.43. The molecule has 1 fully saturated rings. The van der Waals surface area contributed by atoms with Crippen molar-refractivity contribution < 1.29 is 13.2 Å². The molecule has 5 nitrogen and oxygen atoms in total. The van der Waals surface area contributed by atoms with Gasteiger partial charge >= 0.3 is 0 Å². The predicted molar refractivity (Wildman–Crippen MR) is 91.5 cm³/mol. The van der Waals surface area contributed by atoms with E-state index >= 15 is 0 Å². The van der Waals surface area contributed by atoms with E-state index in [0.717, 1.165) is 11.3 Å². The third-order valence-corrected chi connectivity index (χ3v) is 6.53. The van der Waals surface area contributed by atoms with Gasteiger partial charge in [-0.25, -0.2) is 13.4 Å². The van der Waals surface area contributed by atoms with Crippen LogP contribution in [0.4, 0.5) is 5.13 Å². The zero-order valence-corrected chi connectivity index (χ0v) is 14.4. The van der Waals surface area contributed by atoms with Crippen LogP contribution in [0.25, 0.3) is 0 Å². The lowest BCUT2D eigenvalue weighted by Crippen LogP contribution is -2.23. The minimum atomic E-state index is -3.05. The minimum Gasteiger partial charge on any atom is -0.302 e. The number of nitrogens with one attached hydrogen (secondary N) is 1. The van der Waals surface area contributed by atoms with Gasteiger partial charge < -0.3 is 5.32 Å². The first kappa shape index (κ1) is 16.1. The van der Waals surface area contributed by atoms with Crippen LogP contribution >= 0.6 is 11.3 Å². The zero-order valence-electron chi connectivity index (χ0n) is 12.8. The Labute approximate surface area is 139 Å². The molecule has 1 saturated heterocycles. The monoisotopic (exact) mass is 350 g/mol. The molecule has 2 aromatic rings. The second-order valence-electron chi connectivity index (χ2n) is 5.89. The van der Waals surface area contributed by atoms with Crippen molar-refractivity contribution in [1.29, 1.82) is 0 Å². The van der Waals surface area contributed by atoms with Crippen LogP contribution in [-0.4, -0.2) is 30.8 Å². The van der Waals surface area contributed by atoms with Crippen molar-refractivity contribution in [2.45, 2.75) is 19.8 Å². The number of sulfone groups is 1. The largest absolute Gasteiger partial charge is 0.302 e. The van der Waals surface area contributed by atoms with Crippen molar-refractivity contribution in [2.75, 3.05) is 16.8 Å². The summed E-state index contributed by atoms with van der Waals surface area (Å²) in [5.41, 5.74) is 2.41. The molecular formula is C16H18N2O3S2. The first-order valence-corrected chi connectivity index (χ1v) is 10.1. The molecule has 0 spiro atoms. The summed E-state index contributed by atoms with van der Waals surface area (Å²) in [6, 6.07) is 8.27. The molecule has 1 amide bonds. The summed E-state index contributed by atoms with van der Waals surface area (Å²) in [7, 11) is -3.05. The summed E-state index contributed by atoms with van der Waals surface area (Å²) < 4.78 is 22.9. The highest BCUT2D eigenvalue weighted by Gasteiger charge is 2.33. The van der Waals surface area contributed by atoms with Crippen molar-refractivity contribution >= 4 is 32.2 Å². The summed E-state index contributed by atoms with van der Waals surface area (Å²) >= 11 is 1.43. The van der Waals surface area contributed by atoms with Gasteiger partial charge in [0.25, 0.3) is 0 Å². The average Bonchev–Trinajstić information content (AvgIpc) is 3.05. The van der Waals surface area contributed by atoms with E-state index in [1.807, 2.05) is 6.07 Å². The van der Waals surface area contributed by atoms with E-state index in [9.17, 15) is 13.2 Å². The lowest BCUT2D eigenvalue weighted by molar-refractivity contribution is -0.119. The highest BCUT2D eigenvalue weighted by Crippen LogP contribution is 2.24. The number of aromatic nitrogens is 1. The fourth-order valence-electron chi connectivity index (χ4n) is 2.68. The number of carbonyl (C=O) groups excluding carboxylic acids is 1. The molecule has 1 aliphatic rings. The number of hydrogen-bond donors (Lipinski definition) is 1. The molecule has 122 valence electrons. The number of carbonyl (C=O) groups is 1. The molecule has 0 saturated carbocycles. The smallest absolute Gasteiger partial charge is 0.230 e. The number of benzene rings is 1. The van der Waals surface area contributed by atoms with Gasteiger partial charge in [0.15, 0.2) is 15.0 Å². The molecule has 7 heteroatoms. The molecule has 1 N–H and O–H groups in total. The van der Waals surface area contributed by atoms with Gasteiger partial charge in [0.1, 0.15) is 0 Å². The Morgan fingerprint density at radius 1 is 1.43 bits per heavy atom. The average molecular weight is 350 g/mol. The summed E-state index contributed by atoms with van der Waals surface area (Å²) in [6.07, 6.45) is 2.93. The first-order chi connectivity index (χ1) is 10.9. The Morgan fingerprint density at radius 2 is 2.26 bits per heavy atom. The van der Waals surface area contributed by atoms with Gasteiger partial charge in [0.05, 0.1) is 17.4 Å². The van der Waals surface area contributed by atoms with Gasteiger partial charge in [-0.15, -0.1) is 11.3 Å². The Kier molecular flexibility index (Phi) is 4.50. The maximum absolute atomic E-state index is 12.1. The Balaban J connectivity index is 1.62. The molecule has 2 heterocycles. The number of aryl methyl sites for hydroxylation is 1. The van der Waals surface area contributed by atoms with Gasteiger partial charge in [-0.3, -0.25) is 4.79 Å². The lowest BCUT2D eigenvalue weighted by atomic mass is 10.1. The molecule has 23 heavy (non-hydrogen) atoms.